The van der Waals surface area contributed by atoms with Crippen molar-refractivity contribution in [2.24, 2.45) is 0 Å². The van der Waals surface area contributed by atoms with Gasteiger partial charge in [-0.15, -0.1) is 0 Å². The van der Waals surface area contributed by atoms with E-state index < -0.39 is 0 Å². The van der Waals surface area contributed by atoms with Crippen molar-refractivity contribution in [3.8, 4) is 0 Å². The Bertz CT molecular complexity index is 385. The number of rotatable bonds is 5. The van der Waals surface area contributed by atoms with Crippen LogP contribution in [0.15, 0.2) is 10.8 Å². The van der Waals surface area contributed by atoms with Crippen LogP contribution in [0.5, 0.6) is 0 Å². The maximum absolute atomic E-state index is 5.56. The molecular formula is C11H17BrN4O2. The van der Waals surface area contributed by atoms with Crippen molar-refractivity contribution in [3.05, 3.63) is 10.8 Å². The van der Waals surface area contributed by atoms with Crippen LogP contribution >= 0.6 is 15.9 Å². The molecule has 2 rings (SSSR count). The Labute approximate surface area is 115 Å². The Morgan fingerprint density at radius 3 is 2.78 bits per heavy atom. The number of anilines is 2. The van der Waals surface area contributed by atoms with Crippen molar-refractivity contribution in [3.63, 3.8) is 0 Å². The zero-order valence-electron chi connectivity index (χ0n) is 10.3. The molecule has 0 spiro atoms. The van der Waals surface area contributed by atoms with Gasteiger partial charge in [0.25, 0.3) is 0 Å². The van der Waals surface area contributed by atoms with Crippen LogP contribution < -0.4 is 10.6 Å². The molecule has 100 valence electrons. The number of hydrogen-bond donors (Lipinski definition) is 2. The molecule has 0 aromatic carbocycles. The van der Waals surface area contributed by atoms with Gasteiger partial charge in [0.1, 0.15) is 22.4 Å². The third kappa shape index (κ3) is 3.54. The lowest BCUT2D eigenvalue weighted by Crippen LogP contribution is -2.34. The number of aromatic nitrogens is 2. The molecule has 1 aliphatic rings. The Morgan fingerprint density at radius 2 is 2.11 bits per heavy atom. The maximum Gasteiger partial charge on any atom is 0.146 e. The van der Waals surface area contributed by atoms with Crippen LogP contribution in [0.25, 0.3) is 0 Å². The van der Waals surface area contributed by atoms with Gasteiger partial charge >= 0.3 is 0 Å². The number of nitrogens with zero attached hydrogens (tertiary/aromatic N) is 2. The summed E-state index contributed by atoms with van der Waals surface area (Å²) in [5.74, 6) is 1.55. The summed E-state index contributed by atoms with van der Waals surface area (Å²) in [5, 5.41) is 6.40. The second-order valence-corrected chi connectivity index (χ2v) is 4.66. The molecule has 1 fully saturated rings. The lowest BCUT2D eigenvalue weighted by Gasteiger charge is -2.23. The van der Waals surface area contributed by atoms with Gasteiger partial charge < -0.3 is 20.1 Å². The highest BCUT2D eigenvalue weighted by Crippen LogP contribution is 2.26. The monoisotopic (exact) mass is 316 g/mol. The van der Waals surface area contributed by atoms with E-state index in [9.17, 15) is 0 Å². The first kappa shape index (κ1) is 13.5. The Kier molecular flexibility index (Phi) is 5.15. The second-order valence-electron chi connectivity index (χ2n) is 3.86. The summed E-state index contributed by atoms with van der Waals surface area (Å²) in [6, 6.07) is 0. The summed E-state index contributed by atoms with van der Waals surface area (Å²) < 4.78 is 11.7. The smallest absolute Gasteiger partial charge is 0.146 e. The maximum atomic E-state index is 5.56. The normalized spacial score (nSPS) is 19.6. The van der Waals surface area contributed by atoms with Gasteiger partial charge in [-0.2, -0.15) is 0 Å². The average molecular weight is 317 g/mol. The predicted octanol–water partition coefficient (Wildman–Crippen LogP) is 1.50. The van der Waals surface area contributed by atoms with Crippen LogP contribution in [-0.2, 0) is 9.47 Å². The third-order valence-electron chi connectivity index (χ3n) is 2.52. The number of ether oxygens (including phenoxy) is 2. The molecule has 7 heteroatoms. The quantitative estimate of drug-likeness (QED) is 0.858. The number of nitrogens with one attached hydrogen (secondary N) is 2. The molecule has 0 bridgehead atoms. The van der Waals surface area contributed by atoms with Gasteiger partial charge in [0.05, 0.1) is 25.9 Å². The minimum atomic E-state index is 0.0724. The van der Waals surface area contributed by atoms with Gasteiger partial charge in [-0.3, -0.25) is 0 Å². The van der Waals surface area contributed by atoms with Crippen LogP contribution in [0, 0.1) is 0 Å². The van der Waals surface area contributed by atoms with Crippen LogP contribution in [0.3, 0.4) is 0 Å². The van der Waals surface area contributed by atoms with Gasteiger partial charge in [-0.05, 0) is 22.9 Å². The van der Waals surface area contributed by atoms with Crippen LogP contribution in [-0.4, -0.2) is 49.0 Å². The fraction of sp³-hybridized carbons (Fsp3) is 0.636. The molecule has 0 amide bonds. The SMILES string of the molecule is CCNc1ncnc(NCC2COCCO2)c1Br. The molecule has 0 radical (unpaired) electrons. The summed E-state index contributed by atoms with van der Waals surface area (Å²) in [4.78, 5) is 8.36. The van der Waals surface area contributed by atoms with E-state index >= 15 is 0 Å². The van der Waals surface area contributed by atoms with E-state index in [1.165, 1.54) is 6.33 Å². The van der Waals surface area contributed by atoms with E-state index in [0.29, 0.717) is 26.4 Å². The summed E-state index contributed by atoms with van der Waals surface area (Å²) in [5.41, 5.74) is 0. The van der Waals surface area contributed by atoms with Crippen molar-refractivity contribution < 1.29 is 9.47 Å². The van der Waals surface area contributed by atoms with Gasteiger partial charge in [0.15, 0.2) is 0 Å². The van der Waals surface area contributed by atoms with E-state index in [4.69, 9.17) is 9.47 Å². The zero-order chi connectivity index (χ0) is 12.8. The largest absolute Gasteiger partial charge is 0.376 e. The molecule has 1 aromatic rings. The Morgan fingerprint density at radius 1 is 1.33 bits per heavy atom. The first-order chi connectivity index (χ1) is 8.81. The summed E-state index contributed by atoms with van der Waals surface area (Å²) in [7, 11) is 0. The third-order valence-corrected chi connectivity index (χ3v) is 3.27. The zero-order valence-corrected chi connectivity index (χ0v) is 11.9. The highest BCUT2D eigenvalue weighted by atomic mass is 79.9. The molecule has 2 heterocycles. The highest BCUT2D eigenvalue weighted by molar-refractivity contribution is 9.10. The van der Waals surface area contributed by atoms with Crippen LogP contribution in [0.4, 0.5) is 11.6 Å². The fourth-order valence-electron chi connectivity index (χ4n) is 1.65. The molecule has 18 heavy (non-hydrogen) atoms. The van der Waals surface area contributed by atoms with E-state index in [1.54, 1.807) is 0 Å². The molecule has 2 N–H and O–H groups in total. The molecule has 6 nitrogen and oxygen atoms in total. The molecule has 0 aliphatic carbocycles. The van der Waals surface area contributed by atoms with Gasteiger partial charge in [0, 0.05) is 13.1 Å². The lowest BCUT2D eigenvalue weighted by atomic mass is 10.3. The van der Waals surface area contributed by atoms with Gasteiger partial charge in [-0.1, -0.05) is 0 Å². The Hall–Kier alpha value is -0.920. The topological polar surface area (TPSA) is 68.3 Å². The van der Waals surface area contributed by atoms with E-state index in [0.717, 1.165) is 22.7 Å². The molecule has 1 aromatic heterocycles. The van der Waals surface area contributed by atoms with Gasteiger partial charge in [0.2, 0.25) is 0 Å². The first-order valence-corrected chi connectivity index (χ1v) is 6.78. The molecular weight excluding hydrogens is 300 g/mol. The second kappa shape index (κ2) is 6.86. The number of halogens is 1. The Balaban J connectivity index is 1.93. The average Bonchev–Trinajstić information content (AvgIpc) is 2.41. The summed E-state index contributed by atoms with van der Waals surface area (Å²) in [6.45, 7) is 5.46. The fourth-order valence-corrected chi connectivity index (χ4v) is 2.13. The molecule has 1 aliphatic heterocycles. The van der Waals surface area contributed by atoms with Crippen LogP contribution in [0.2, 0.25) is 0 Å². The first-order valence-electron chi connectivity index (χ1n) is 5.99. The molecule has 0 saturated carbocycles. The standard InChI is InChI=1S/C11H17BrN4O2/c1-2-13-10-9(12)11(16-7-15-10)14-5-8-6-17-3-4-18-8/h7-8H,2-6H2,1H3,(H2,13,14,15,16). The van der Waals surface area contributed by atoms with Crippen molar-refractivity contribution in [1.82, 2.24) is 9.97 Å². The molecule has 1 saturated heterocycles. The summed E-state index contributed by atoms with van der Waals surface area (Å²) >= 11 is 3.49. The van der Waals surface area contributed by atoms with E-state index in [-0.39, 0.29) is 6.10 Å². The molecule has 1 unspecified atom stereocenters. The van der Waals surface area contributed by atoms with Crippen molar-refractivity contribution in [2.45, 2.75) is 13.0 Å². The van der Waals surface area contributed by atoms with Gasteiger partial charge in [-0.25, -0.2) is 9.97 Å². The predicted molar refractivity (Wildman–Crippen MR) is 72.9 cm³/mol. The van der Waals surface area contributed by atoms with Crippen LogP contribution in [0.1, 0.15) is 6.92 Å². The van der Waals surface area contributed by atoms with Crippen molar-refractivity contribution in [1.29, 1.82) is 0 Å². The lowest BCUT2D eigenvalue weighted by molar-refractivity contribution is -0.0819. The highest BCUT2D eigenvalue weighted by Gasteiger charge is 2.15. The number of hydrogen-bond acceptors (Lipinski definition) is 6. The minimum absolute atomic E-state index is 0.0724. The minimum Gasteiger partial charge on any atom is -0.376 e. The van der Waals surface area contributed by atoms with E-state index in [2.05, 4.69) is 36.5 Å². The summed E-state index contributed by atoms with van der Waals surface area (Å²) in [6.07, 6.45) is 1.60. The molecule has 1 atom stereocenters. The van der Waals surface area contributed by atoms with Crippen molar-refractivity contribution in [2.75, 3.05) is 43.5 Å². The van der Waals surface area contributed by atoms with Crippen molar-refractivity contribution >= 4 is 27.6 Å². The van der Waals surface area contributed by atoms with E-state index in [1.807, 2.05) is 6.92 Å².